The summed E-state index contributed by atoms with van der Waals surface area (Å²) in [5, 5.41) is 4.77. The number of hydrogen-bond acceptors (Lipinski definition) is 4. The highest BCUT2D eigenvalue weighted by Crippen LogP contribution is 2.27. The Kier molecular flexibility index (Phi) is 6.32. The van der Waals surface area contributed by atoms with E-state index in [1.54, 1.807) is 12.1 Å². The van der Waals surface area contributed by atoms with Gasteiger partial charge in [-0.05, 0) is 62.8 Å². The molecule has 1 aromatic carbocycles. The van der Waals surface area contributed by atoms with E-state index in [-0.39, 0.29) is 12.5 Å². The minimum absolute atomic E-state index is 0.0218. The molecule has 6 heteroatoms. The number of rotatable bonds is 7. The standard InChI is InChI=1S/C19H23ClN2O2S/c1-13-11-14(20)8-9-16(13)24-12-18(23)21-10-4-7-19-22-15-5-2-3-6-17(15)25-19/h8-9,11H,2-7,10,12H2,1H3,(H,21,23). The van der Waals surface area contributed by atoms with Crippen molar-refractivity contribution in [3.05, 3.63) is 44.4 Å². The maximum Gasteiger partial charge on any atom is 0.257 e. The van der Waals surface area contributed by atoms with Crippen molar-refractivity contribution in [2.45, 2.75) is 45.4 Å². The number of thiazole rings is 1. The number of carbonyl (C=O) groups is 1. The number of carbonyl (C=O) groups excluding carboxylic acids is 1. The minimum Gasteiger partial charge on any atom is -0.484 e. The summed E-state index contributed by atoms with van der Waals surface area (Å²) < 4.78 is 5.54. The van der Waals surface area contributed by atoms with Gasteiger partial charge < -0.3 is 10.1 Å². The van der Waals surface area contributed by atoms with Crippen LogP contribution in [-0.4, -0.2) is 24.0 Å². The lowest BCUT2D eigenvalue weighted by atomic mass is 10.0. The normalized spacial score (nSPS) is 13.4. The molecule has 0 aliphatic heterocycles. The maximum absolute atomic E-state index is 11.9. The summed E-state index contributed by atoms with van der Waals surface area (Å²) in [6, 6.07) is 5.37. The summed E-state index contributed by atoms with van der Waals surface area (Å²) in [5.74, 6) is 0.584. The first kappa shape index (κ1) is 18.2. The van der Waals surface area contributed by atoms with E-state index >= 15 is 0 Å². The lowest BCUT2D eigenvalue weighted by molar-refractivity contribution is -0.123. The molecular formula is C19H23ClN2O2S. The highest BCUT2D eigenvalue weighted by Gasteiger charge is 2.14. The second-order valence-electron chi connectivity index (χ2n) is 6.34. The summed E-state index contributed by atoms with van der Waals surface area (Å²) in [6.45, 7) is 2.58. The van der Waals surface area contributed by atoms with Gasteiger partial charge in [-0.15, -0.1) is 11.3 Å². The van der Waals surface area contributed by atoms with E-state index in [1.165, 1.54) is 34.8 Å². The van der Waals surface area contributed by atoms with Crippen molar-refractivity contribution in [2.75, 3.05) is 13.2 Å². The van der Waals surface area contributed by atoms with Gasteiger partial charge >= 0.3 is 0 Å². The van der Waals surface area contributed by atoms with Crippen LogP contribution in [0.2, 0.25) is 5.02 Å². The van der Waals surface area contributed by atoms with E-state index in [2.05, 4.69) is 5.32 Å². The molecule has 0 unspecified atom stereocenters. The number of fused-ring (bicyclic) bond motifs is 1. The zero-order valence-corrected chi connectivity index (χ0v) is 16.0. The molecule has 1 heterocycles. The van der Waals surface area contributed by atoms with Crippen molar-refractivity contribution < 1.29 is 9.53 Å². The fourth-order valence-electron chi connectivity index (χ4n) is 2.95. The van der Waals surface area contributed by atoms with Crippen molar-refractivity contribution in [1.29, 1.82) is 0 Å². The van der Waals surface area contributed by atoms with Crippen LogP contribution >= 0.6 is 22.9 Å². The summed E-state index contributed by atoms with van der Waals surface area (Å²) in [4.78, 5) is 18.1. The van der Waals surface area contributed by atoms with Gasteiger partial charge in [0.15, 0.2) is 6.61 Å². The second kappa shape index (κ2) is 8.68. The van der Waals surface area contributed by atoms with Gasteiger partial charge in [-0.3, -0.25) is 4.79 Å². The van der Waals surface area contributed by atoms with E-state index < -0.39 is 0 Å². The molecule has 1 N–H and O–H groups in total. The van der Waals surface area contributed by atoms with E-state index in [0.29, 0.717) is 17.3 Å². The molecule has 3 rings (SSSR count). The monoisotopic (exact) mass is 378 g/mol. The van der Waals surface area contributed by atoms with Crippen molar-refractivity contribution in [3.63, 3.8) is 0 Å². The summed E-state index contributed by atoms with van der Waals surface area (Å²) in [6.07, 6.45) is 6.69. The molecule has 0 saturated carbocycles. The van der Waals surface area contributed by atoms with Gasteiger partial charge in [0, 0.05) is 22.9 Å². The van der Waals surface area contributed by atoms with Gasteiger partial charge in [-0.25, -0.2) is 4.98 Å². The van der Waals surface area contributed by atoms with Crippen molar-refractivity contribution >= 4 is 28.8 Å². The Morgan fingerprint density at radius 1 is 1.36 bits per heavy atom. The van der Waals surface area contributed by atoms with Crippen molar-refractivity contribution in [1.82, 2.24) is 10.3 Å². The van der Waals surface area contributed by atoms with Crippen LogP contribution in [0.3, 0.4) is 0 Å². The molecule has 1 amide bonds. The molecule has 134 valence electrons. The van der Waals surface area contributed by atoms with Gasteiger partial charge in [0.25, 0.3) is 5.91 Å². The van der Waals surface area contributed by atoms with Gasteiger partial charge in [-0.1, -0.05) is 11.6 Å². The number of hydrogen-bond donors (Lipinski definition) is 1. The number of amides is 1. The third kappa shape index (κ3) is 5.19. The number of aromatic nitrogens is 1. The SMILES string of the molecule is Cc1cc(Cl)ccc1OCC(=O)NCCCc1nc2c(s1)CCCC2. The molecular weight excluding hydrogens is 356 g/mol. The molecule has 0 radical (unpaired) electrons. The van der Waals surface area contributed by atoms with Crippen LogP contribution in [0.25, 0.3) is 0 Å². The number of benzene rings is 1. The average molecular weight is 379 g/mol. The maximum atomic E-state index is 11.9. The number of aryl methyl sites for hydroxylation is 4. The van der Waals surface area contributed by atoms with Gasteiger partial charge in [0.05, 0.1) is 10.7 Å². The summed E-state index contributed by atoms with van der Waals surface area (Å²) in [7, 11) is 0. The van der Waals surface area contributed by atoms with Gasteiger partial charge in [-0.2, -0.15) is 0 Å². The zero-order chi connectivity index (χ0) is 17.6. The first-order valence-corrected chi connectivity index (χ1v) is 9.94. The largest absolute Gasteiger partial charge is 0.484 e. The van der Waals surface area contributed by atoms with Crippen LogP contribution < -0.4 is 10.1 Å². The Morgan fingerprint density at radius 2 is 2.20 bits per heavy atom. The van der Waals surface area contributed by atoms with Crippen LogP contribution in [0.4, 0.5) is 0 Å². The number of halogens is 1. The Balaban J connectivity index is 1.36. The van der Waals surface area contributed by atoms with Crippen LogP contribution in [0.1, 0.15) is 40.4 Å². The van der Waals surface area contributed by atoms with Gasteiger partial charge in [0.2, 0.25) is 0 Å². The number of ether oxygens (including phenoxy) is 1. The summed E-state index contributed by atoms with van der Waals surface area (Å²) in [5.41, 5.74) is 2.23. The topological polar surface area (TPSA) is 51.2 Å². The minimum atomic E-state index is -0.104. The van der Waals surface area contributed by atoms with Crippen LogP contribution in [0, 0.1) is 6.92 Å². The fraction of sp³-hybridized carbons (Fsp3) is 0.474. The Morgan fingerprint density at radius 3 is 3.00 bits per heavy atom. The zero-order valence-electron chi connectivity index (χ0n) is 14.4. The number of nitrogens with one attached hydrogen (secondary N) is 1. The quantitative estimate of drug-likeness (QED) is 0.737. The Hall–Kier alpha value is -1.59. The van der Waals surface area contributed by atoms with Crippen molar-refractivity contribution in [2.24, 2.45) is 0 Å². The molecule has 1 aliphatic rings. The lowest BCUT2D eigenvalue weighted by Gasteiger charge is -2.09. The van der Waals surface area contributed by atoms with E-state index in [9.17, 15) is 4.79 Å². The molecule has 2 aromatic rings. The van der Waals surface area contributed by atoms with E-state index in [4.69, 9.17) is 21.3 Å². The molecule has 25 heavy (non-hydrogen) atoms. The van der Waals surface area contributed by atoms with Crippen molar-refractivity contribution in [3.8, 4) is 5.75 Å². The van der Waals surface area contributed by atoms with Crippen LogP contribution in [-0.2, 0) is 24.1 Å². The second-order valence-corrected chi connectivity index (χ2v) is 7.94. The fourth-order valence-corrected chi connectivity index (χ4v) is 4.37. The predicted molar refractivity (Wildman–Crippen MR) is 102 cm³/mol. The Bertz CT molecular complexity index is 722. The molecule has 1 aliphatic carbocycles. The predicted octanol–water partition coefficient (Wildman–Crippen LogP) is 4.11. The smallest absolute Gasteiger partial charge is 0.257 e. The molecule has 0 fully saturated rings. The molecule has 0 saturated heterocycles. The summed E-state index contributed by atoms with van der Waals surface area (Å²) >= 11 is 7.75. The molecule has 0 spiro atoms. The molecule has 0 bridgehead atoms. The van der Waals surface area contributed by atoms with Gasteiger partial charge in [0.1, 0.15) is 5.75 Å². The highest BCUT2D eigenvalue weighted by molar-refractivity contribution is 7.11. The lowest BCUT2D eigenvalue weighted by Crippen LogP contribution is -2.30. The average Bonchev–Trinajstić information content (AvgIpc) is 3.01. The molecule has 1 aromatic heterocycles. The first-order chi connectivity index (χ1) is 12.1. The third-order valence-corrected chi connectivity index (χ3v) is 5.73. The number of nitrogens with zero attached hydrogens (tertiary/aromatic N) is 1. The van der Waals surface area contributed by atoms with Crippen LogP contribution in [0.5, 0.6) is 5.75 Å². The van der Waals surface area contributed by atoms with Crippen LogP contribution in [0.15, 0.2) is 18.2 Å². The molecule has 0 atom stereocenters. The molecule has 4 nitrogen and oxygen atoms in total. The Labute approximate surface area is 157 Å². The third-order valence-electron chi connectivity index (χ3n) is 4.28. The van der Waals surface area contributed by atoms with E-state index in [1.807, 2.05) is 24.3 Å². The van der Waals surface area contributed by atoms with E-state index in [0.717, 1.165) is 24.8 Å². The highest BCUT2D eigenvalue weighted by atomic mass is 35.5. The first-order valence-electron chi connectivity index (χ1n) is 8.75.